The Kier molecular flexibility index (Phi) is 7.42. The number of primary amides is 1. The highest BCUT2D eigenvalue weighted by Gasteiger charge is 2.40. The summed E-state index contributed by atoms with van der Waals surface area (Å²) in [6.07, 6.45) is -2.49. The molecule has 4 amide bonds. The van der Waals surface area contributed by atoms with Crippen LogP contribution in [0.3, 0.4) is 0 Å². The third-order valence-corrected chi connectivity index (χ3v) is 5.67. The third kappa shape index (κ3) is 5.13. The van der Waals surface area contributed by atoms with Gasteiger partial charge in [0, 0.05) is 26.6 Å². The van der Waals surface area contributed by atoms with E-state index in [4.69, 9.17) is 31.5 Å². The van der Waals surface area contributed by atoms with Gasteiger partial charge in [0.1, 0.15) is 5.82 Å². The van der Waals surface area contributed by atoms with Gasteiger partial charge in [-0.25, -0.2) is 18.9 Å². The molecule has 0 fully saturated rings. The number of anilines is 1. The molecule has 0 spiro atoms. The molecule has 0 aliphatic carbocycles. The van der Waals surface area contributed by atoms with E-state index >= 15 is 0 Å². The number of rotatable bonds is 6. The molecule has 0 bridgehead atoms. The number of fused-ring (bicyclic) bond motifs is 1. The average Bonchev–Trinajstić information content (AvgIpc) is 3.37. The van der Waals surface area contributed by atoms with Gasteiger partial charge in [-0.05, 0) is 23.6 Å². The fraction of sp³-hybridized carbons (Fsp3) is 0.238. The van der Waals surface area contributed by atoms with Crippen LogP contribution in [0.15, 0.2) is 29.6 Å². The van der Waals surface area contributed by atoms with Crippen LogP contribution in [0.5, 0.6) is 0 Å². The molecular formula is C21H19ClFN3O7S. The first-order valence-electron chi connectivity index (χ1n) is 9.63. The molecular weight excluding hydrogens is 493 g/mol. The van der Waals surface area contributed by atoms with Crippen LogP contribution >= 0.6 is 22.9 Å². The SMILES string of the molecule is CC(OC(=O)OCC(=O)N(C)C)O/C(=C1\C(=O)N(C(N)=O)c2cc(Cl)c(F)cc21)c1cccs1. The van der Waals surface area contributed by atoms with E-state index in [0.717, 1.165) is 12.1 Å². The monoisotopic (exact) mass is 511 g/mol. The zero-order valence-electron chi connectivity index (χ0n) is 18.2. The van der Waals surface area contributed by atoms with Gasteiger partial charge in [-0.15, -0.1) is 11.3 Å². The second-order valence-corrected chi connectivity index (χ2v) is 8.43. The Labute approximate surface area is 202 Å². The number of likely N-dealkylation sites (N-methyl/N-ethyl adjacent to an activating group) is 1. The molecule has 34 heavy (non-hydrogen) atoms. The summed E-state index contributed by atoms with van der Waals surface area (Å²) < 4.78 is 29.8. The number of nitrogens with zero attached hydrogens (tertiary/aromatic N) is 2. The number of hydrogen-bond donors (Lipinski definition) is 1. The lowest BCUT2D eigenvalue weighted by Crippen LogP contribution is -2.38. The van der Waals surface area contributed by atoms with Crippen molar-refractivity contribution < 1.29 is 37.8 Å². The van der Waals surface area contributed by atoms with Gasteiger partial charge in [-0.2, -0.15) is 0 Å². The number of benzene rings is 1. The minimum Gasteiger partial charge on any atom is -0.453 e. The standard InChI is InChI=1S/C21H19ClFN3O7S/c1-10(33-21(30)31-9-16(27)25(2)3)32-18(15-5-4-6-34-15)17-11-7-13(23)12(22)8-14(11)26(19(17)28)20(24)29/h4-8,10H,9H2,1-3H3,(H2,24,29)/b18-17-. The molecule has 1 aliphatic rings. The first kappa shape index (κ1) is 25.0. The fourth-order valence-corrected chi connectivity index (χ4v) is 3.83. The van der Waals surface area contributed by atoms with Crippen molar-refractivity contribution in [3.8, 4) is 0 Å². The molecule has 0 radical (unpaired) electrons. The number of carbonyl (C=O) groups is 4. The Morgan fingerprint density at radius 1 is 1.26 bits per heavy atom. The predicted octanol–water partition coefficient (Wildman–Crippen LogP) is 3.44. The average molecular weight is 512 g/mol. The van der Waals surface area contributed by atoms with E-state index in [1.54, 1.807) is 17.5 Å². The van der Waals surface area contributed by atoms with Crippen LogP contribution in [-0.4, -0.2) is 55.9 Å². The highest BCUT2D eigenvalue weighted by molar-refractivity contribution is 7.11. The second kappa shape index (κ2) is 10.1. The van der Waals surface area contributed by atoms with Gasteiger partial charge >= 0.3 is 12.2 Å². The molecule has 0 saturated heterocycles. The number of amides is 4. The van der Waals surface area contributed by atoms with E-state index in [-0.39, 0.29) is 27.6 Å². The fourth-order valence-electron chi connectivity index (χ4n) is 2.95. The molecule has 2 aromatic rings. The van der Waals surface area contributed by atoms with Crippen LogP contribution in [0.4, 0.5) is 19.7 Å². The number of nitrogens with two attached hydrogens (primary N) is 1. The summed E-state index contributed by atoms with van der Waals surface area (Å²) in [5.41, 5.74) is 5.18. The van der Waals surface area contributed by atoms with E-state index in [1.165, 1.54) is 37.3 Å². The molecule has 3 rings (SSSR count). The Bertz CT molecular complexity index is 1180. The molecule has 1 atom stereocenters. The second-order valence-electron chi connectivity index (χ2n) is 7.07. The smallest absolute Gasteiger partial charge is 0.453 e. The summed E-state index contributed by atoms with van der Waals surface area (Å²) in [5.74, 6) is -2.26. The Morgan fingerprint density at radius 3 is 2.56 bits per heavy atom. The lowest BCUT2D eigenvalue weighted by Gasteiger charge is -2.19. The Morgan fingerprint density at radius 2 is 1.97 bits per heavy atom. The molecule has 0 saturated carbocycles. The van der Waals surface area contributed by atoms with Crippen molar-refractivity contribution in [1.82, 2.24) is 4.90 Å². The van der Waals surface area contributed by atoms with Crippen LogP contribution in [-0.2, 0) is 23.8 Å². The topological polar surface area (TPSA) is 128 Å². The predicted molar refractivity (Wildman–Crippen MR) is 121 cm³/mol. The number of carbonyl (C=O) groups excluding carboxylic acids is 4. The minimum atomic E-state index is -1.30. The number of ether oxygens (including phenoxy) is 3. The van der Waals surface area contributed by atoms with Crippen LogP contribution in [0.1, 0.15) is 17.4 Å². The zero-order valence-corrected chi connectivity index (χ0v) is 19.7. The van der Waals surface area contributed by atoms with Gasteiger partial charge in [0.25, 0.3) is 11.8 Å². The van der Waals surface area contributed by atoms with E-state index in [9.17, 15) is 23.6 Å². The molecule has 2 heterocycles. The van der Waals surface area contributed by atoms with E-state index in [1.807, 2.05) is 0 Å². The highest BCUT2D eigenvalue weighted by Crippen LogP contribution is 2.44. The van der Waals surface area contributed by atoms with Crippen LogP contribution in [0, 0.1) is 5.82 Å². The molecule has 1 aromatic heterocycles. The quantitative estimate of drug-likeness (QED) is 0.272. The minimum absolute atomic E-state index is 0.0143. The maximum Gasteiger partial charge on any atom is 0.511 e. The number of urea groups is 1. The first-order chi connectivity index (χ1) is 16.0. The van der Waals surface area contributed by atoms with Crippen molar-refractivity contribution in [3.05, 3.63) is 50.9 Å². The number of thiophene rings is 1. The number of hydrogen-bond acceptors (Lipinski definition) is 8. The summed E-state index contributed by atoms with van der Waals surface area (Å²) in [6, 6.07) is 4.27. The summed E-state index contributed by atoms with van der Waals surface area (Å²) in [4.78, 5) is 50.9. The maximum atomic E-state index is 14.3. The Balaban J connectivity index is 1.97. The summed E-state index contributed by atoms with van der Waals surface area (Å²) in [6.45, 7) is 0.800. The van der Waals surface area contributed by atoms with Gasteiger partial charge in [-0.1, -0.05) is 17.7 Å². The van der Waals surface area contributed by atoms with Crippen molar-refractivity contribution in [2.75, 3.05) is 25.6 Å². The van der Waals surface area contributed by atoms with Crippen molar-refractivity contribution >= 4 is 64.0 Å². The van der Waals surface area contributed by atoms with Gasteiger partial charge in [0.2, 0.25) is 6.29 Å². The van der Waals surface area contributed by atoms with Gasteiger partial charge < -0.3 is 24.8 Å². The van der Waals surface area contributed by atoms with Gasteiger partial charge in [0.15, 0.2) is 12.4 Å². The normalized spacial score (nSPS) is 14.9. The highest BCUT2D eigenvalue weighted by atomic mass is 35.5. The van der Waals surface area contributed by atoms with Gasteiger partial charge in [-0.3, -0.25) is 9.59 Å². The molecule has 1 aromatic carbocycles. The zero-order chi connectivity index (χ0) is 25.2. The van der Waals surface area contributed by atoms with E-state index in [0.29, 0.717) is 9.78 Å². The Hall–Kier alpha value is -3.64. The molecule has 13 heteroatoms. The van der Waals surface area contributed by atoms with Crippen LogP contribution in [0.2, 0.25) is 5.02 Å². The first-order valence-corrected chi connectivity index (χ1v) is 10.9. The number of imide groups is 1. The third-order valence-electron chi connectivity index (χ3n) is 4.52. The lowest BCUT2D eigenvalue weighted by molar-refractivity contribution is -0.134. The summed E-state index contributed by atoms with van der Waals surface area (Å²) in [7, 11) is 2.98. The molecule has 1 unspecified atom stereocenters. The molecule has 10 nitrogen and oxygen atoms in total. The van der Waals surface area contributed by atoms with Crippen LogP contribution in [0.25, 0.3) is 11.3 Å². The van der Waals surface area contributed by atoms with E-state index < -0.39 is 42.7 Å². The lowest BCUT2D eigenvalue weighted by atomic mass is 10.0. The summed E-state index contributed by atoms with van der Waals surface area (Å²) in [5, 5.41) is 1.38. The van der Waals surface area contributed by atoms with E-state index in [2.05, 4.69) is 0 Å². The molecule has 180 valence electrons. The van der Waals surface area contributed by atoms with Crippen LogP contribution < -0.4 is 10.6 Å². The van der Waals surface area contributed by atoms with Crippen molar-refractivity contribution in [1.29, 1.82) is 0 Å². The largest absolute Gasteiger partial charge is 0.511 e. The molecule has 2 N–H and O–H groups in total. The maximum absolute atomic E-state index is 14.3. The van der Waals surface area contributed by atoms with Gasteiger partial charge in [0.05, 0.1) is 21.2 Å². The molecule has 1 aliphatic heterocycles. The summed E-state index contributed by atoms with van der Waals surface area (Å²) >= 11 is 7.02. The van der Waals surface area contributed by atoms with Crippen molar-refractivity contribution in [3.63, 3.8) is 0 Å². The number of halogens is 2. The van der Waals surface area contributed by atoms with Crippen molar-refractivity contribution in [2.45, 2.75) is 13.2 Å². The van der Waals surface area contributed by atoms with Crippen molar-refractivity contribution in [2.24, 2.45) is 5.73 Å².